The third-order valence-electron chi connectivity index (χ3n) is 6.85. The fourth-order valence-electron chi connectivity index (χ4n) is 5.01. The summed E-state index contributed by atoms with van der Waals surface area (Å²) in [6.45, 7) is -0.0653. The molecule has 9 nitrogen and oxygen atoms in total. The molecular weight excluding hydrogens is 470 g/mol. The molecule has 4 aromatic rings. The smallest absolute Gasteiger partial charge is 0.319 e. The Morgan fingerprint density at radius 2 is 1.89 bits per heavy atom. The molecule has 0 bridgehead atoms. The maximum Gasteiger partial charge on any atom is 0.319 e. The van der Waals surface area contributed by atoms with Crippen molar-refractivity contribution in [1.29, 1.82) is 0 Å². The largest absolute Gasteiger partial charge is 0.480 e. The van der Waals surface area contributed by atoms with Crippen molar-refractivity contribution in [2.45, 2.75) is 38.2 Å². The zero-order valence-corrected chi connectivity index (χ0v) is 20.8. The Kier molecular flexibility index (Phi) is 6.87. The highest BCUT2D eigenvalue weighted by molar-refractivity contribution is 6.08. The number of pyridine rings is 1. The van der Waals surface area contributed by atoms with Crippen molar-refractivity contribution in [2.75, 3.05) is 19.5 Å². The Bertz CT molecular complexity index is 1470. The number of aliphatic hydroxyl groups excluding tert-OH is 1. The van der Waals surface area contributed by atoms with Crippen LogP contribution in [0, 0.1) is 0 Å². The second-order valence-electron chi connectivity index (χ2n) is 9.15. The number of nitrogens with two attached hydrogens (primary N) is 1. The van der Waals surface area contributed by atoms with E-state index in [9.17, 15) is 9.90 Å². The number of benzene rings is 2. The van der Waals surface area contributed by atoms with Crippen molar-refractivity contribution in [1.82, 2.24) is 15.0 Å². The highest BCUT2D eigenvalue weighted by Gasteiger charge is 2.20. The summed E-state index contributed by atoms with van der Waals surface area (Å²) in [5, 5.41) is 14.0. The summed E-state index contributed by atoms with van der Waals surface area (Å²) in [6.07, 6.45) is 7.81. The highest BCUT2D eigenvalue weighted by Crippen LogP contribution is 2.38. The minimum Gasteiger partial charge on any atom is -0.480 e. The first-order valence-electron chi connectivity index (χ1n) is 12.2. The van der Waals surface area contributed by atoms with Crippen LogP contribution in [0.2, 0.25) is 0 Å². The number of hydrogen-bond acceptors (Lipinski definition) is 8. The first kappa shape index (κ1) is 24.5. The Hall–Kier alpha value is -4.24. The predicted octanol–water partition coefficient (Wildman–Crippen LogP) is 4.70. The van der Waals surface area contributed by atoms with Gasteiger partial charge in [-0.3, -0.25) is 9.78 Å². The highest BCUT2D eigenvalue weighted by atomic mass is 16.5. The zero-order valence-electron chi connectivity index (χ0n) is 20.8. The van der Waals surface area contributed by atoms with Crippen LogP contribution in [-0.4, -0.2) is 40.2 Å². The number of primary amides is 1. The van der Waals surface area contributed by atoms with Crippen molar-refractivity contribution < 1.29 is 19.4 Å². The van der Waals surface area contributed by atoms with E-state index in [4.69, 9.17) is 15.2 Å². The summed E-state index contributed by atoms with van der Waals surface area (Å²) < 4.78 is 10.5. The molecule has 4 N–H and O–H groups in total. The standard InChI is InChI=1S/C28H29N5O4/c1-36-27-22(13-31-28(33-27)37-2)18-7-8-21-24(12-18)30-14-23(26(29)35)25(21)32-20-10-16(15-34)9-19(11-20)17-5-3-4-6-17/h7-14,17,34H,3-6,15H2,1-2H3,(H2,29,35)(H,30,32). The van der Waals surface area contributed by atoms with E-state index in [1.807, 2.05) is 24.3 Å². The van der Waals surface area contributed by atoms with Crippen LogP contribution >= 0.6 is 0 Å². The Balaban J connectivity index is 1.59. The lowest BCUT2D eigenvalue weighted by molar-refractivity contribution is 0.100. The lowest BCUT2D eigenvalue weighted by Crippen LogP contribution is -2.14. The number of rotatable bonds is 8. The van der Waals surface area contributed by atoms with Gasteiger partial charge in [-0.25, -0.2) is 4.98 Å². The van der Waals surface area contributed by atoms with Gasteiger partial charge in [-0.1, -0.05) is 31.0 Å². The number of fused-ring (bicyclic) bond motifs is 1. The molecule has 1 fully saturated rings. The zero-order chi connectivity index (χ0) is 25.9. The lowest BCUT2D eigenvalue weighted by Gasteiger charge is -2.17. The molecule has 2 aromatic carbocycles. The minimum atomic E-state index is -0.583. The number of aliphatic hydroxyl groups is 1. The fourth-order valence-corrected chi connectivity index (χ4v) is 5.01. The molecule has 0 aliphatic heterocycles. The molecule has 9 heteroatoms. The number of carbonyl (C=O) groups excluding carboxylic acids is 1. The van der Waals surface area contributed by atoms with Crippen LogP contribution in [0.1, 0.15) is 53.1 Å². The summed E-state index contributed by atoms with van der Waals surface area (Å²) in [5.74, 6) is 0.264. The monoisotopic (exact) mass is 499 g/mol. The quantitative estimate of drug-likeness (QED) is 0.318. The number of ether oxygens (including phenoxy) is 2. The number of amides is 1. The summed E-state index contributed by atoms with van der Waals surface area (Å²) >= 11 is 0. The van der Waals surface area contributed by atoms with Crippen LogP contribution in [0.25, 0.3) is 22.0 Å². The topological polar surface area (TPSA) is 132 Å². The molecule has 1 amide bonds. The maximum atomic E-state index is 12.3. The van der Waals surface area contributed by atoms with Gasteiger partial charge in [-0.15, -0.1) is 0 Å². The van der Waals surface area contributed by atoms with Crippen molar-refractivity contribution >= 4 is 28.2 Å². The van der Waals surface area contributed by atoms with Crippen LogP contribution in [-0.2, 0) is 6.61 Å². The number of hydrogen-bond donors (Lipinski definition) is 3. The molecule has 0 radical (unpaired) electrons. The Morgan fingerprint density at radius 1 is 1.08 bits per heavy atom. The Morgan fingerprint density at radius 3 is 2.59 bits per heavy atom. The summed E-state index contributed by atoms with van der Waals surface area (Å²) in [7, 11) is 3.03. The number of nitrogens with zero attached hydrogens (tertiary/aromatic N) is 3. The maximum absolute atomic E-state index is 12.3. The first-order chi connectivity index (χ1) is 18.0. The molecule has 1 saturated carbocycles. The first-order valence-corrected chi connectivity index (χ1v) is 12.2. The molecule has 0 atom stereocenters. The molecule has 37 heavy (non-hydrogen) atoms. The van der Waals surface area contributed by atoms with E-state index in [1.54, 1.807) is 6.20 Å². The number of carbonyl (C=O) groups is 1. The van der Waals surface area contributed by atoms with Crippen molar-refractivity contribution in [3.8, 4) is 23.0 Å². The molecule has 0 saturated heterocycles. The van der Waals surface area contributed by atoms with Crippen LogP contribution < -0.4 is 20.5 Å². The number of anilines is 2. The fraction of sp³-hybridized carbons (Fsp3) is 0.286. The van der Waals surface area contributed by atoms with Gasteiger partial charge >= 0.3 is 6.01 Å². The molecule has 2 aromatic heterocycles. The SMILES string of the molecule is COc1ncc(-c2ccc3c(Nc4cc(CO)cc(C5CCCC5)c4)c(C(N)=O)cnc3c2)c(OC)n1. The van der Waals surface area contributed by atoms with Gasteiger partial charge in [0.05, 0.1) is 43.2 Å². The van der Waals surface area contributed by atoms with Gasteiger partial charge in [0.25, 0.3) is 5.91 Å². The molecule has 1 aliphatic carbocycles. The molecule has 0 unspecified atom stereocenters. The number of aromatic nitrogens is 3. The van der Waals surface area contributed by atoms with E-state index >= 15 is 0 Å². The second kappa shape index (κ2) is 10.4. The van der Waals surface area contributed by atoms with E-state index in [0.29, 0.717) is 28.6 Å². The lowest BCUT2D eigenvalue weighted by atomic mass is 9.95. The van der Waals surface area contributed by atoms with E-state index in [0.717, 1.165) is 35.0 Å². The second-order valence-corrected chi connectivity index (χ2v) is 9.15. The normalized spacial score (nSPS) is 13.6. The molecule has 5 rings (SSSR count). The molecule has 1 aliphatic rings. The van der Waals surface area contributed by atoms with Gasteiger partial charge in [-0.05, 0) is 53.6 Å². The molecule has 190 valence electrons. The summed E-state index contributed by atoms with van der Waals surface area (Å²) in [6, 6.07) is 11.9. The number of methoxy groups -OCH3 is 2. The van der Waals surface area contributed by atoms with Crippen LogP contribution in [0.15, 0.2) is 48.8 Å². The van der Waals surface area contributed by atoms with Crippen molar-refractivity contribution in [3.05, 3.63) is 65.5 Å². The third kappa shape index (κ3) is 4.90. The van der Waals surface area contributed by atoms with E-state index in [-0.39, 0.29) is 18.2 Å². The summed E-state index contributed by atoms with van der Waals surface area (Å²) in [4.78, 5) is 25.3. The van der Waals surface area contributed by atoms with E-state index < -0.39 is 5.91 Å². The van der Waals surface area contributed by atoms with Gasteiger partial charge in [-0.2, -0.15) is 4.98 Å². The van der Waals surface area contributed by atoms with Crippen LogP contribution in [0.3, 0.4) is 0 Å². The molecular formula is C28H29N5O4. The Labute approximate surface area is 214 Å². The summed E-state index contributed by atoms with van der Waals surface area (Å²) in [5.41, 5.74) is 11.5. The van der Waals surface area contributed by atoms with Gasteiger partial charge in [0.15, 0.2) is 0 Å². The van der Waals surface area contributed by atoms with Gasteiger partial charge in [0.1, 0.15) is 0 Å². The molecule has 0 spiro atoms. The van der Waals surface area contributed by atoms with Gasteiger partial charge in [0, 0.05) is 23.5 Å². The number of nitrogens with one attached hydrogen (secondary N) is 1. The van der Waals surface area contributed by atoms with E-state index in [1.165, 1.54) is 38.8 Å². The van der Waals surface area contributed by atoms with Crippen molar-refractivity contribution in [2.24, 2.45) is 5.73 Å². The van der Waals surface area contributed by atoms with Crippen LogP contribution in [0.4, 0.5) is 11.4 Å². The minimum absolute atomic E-state index is 0.0653. The predicted molar refractivity (Wildman–Crippen MR) is 141 cm³/mol. The average Bonchev–Trinajstić information content (AvgIpc) is 3.47. The van der Waals surface area contributed by atoms with Crippen molar-refractivity contribution in [3.63, 3.8) is 0 Å². The van der Waals surface area contributed by atoms with Gasteiger partial charge < -0.3 is 25.6 Å². The average molecular weight is 500 g/mol. The third-order valence-corrected chi connectivity index (χ3v) is 6.85. The molecule has 2 heterocycles. The van der Waals surface area contributed by atoms with Crippen LogP contribution in [0.5, 0.6) is 11.9 Å². The van der Waals surface area contributed by atoms with Gasteiger partial charge in [0.2, 0.25) is 5.88 Å². The van der Waals surface area contributed by atoms with E-state index in [2.05, 4.69) is 32.4 Å².